The molecule has 1 unspecified atom stereocenters. The Morgan fingerprint density at radius 2 is 2.41 bits per heavy atom. The van der Waals surface area contributed by atoms with Crippen molar-refractivity contribution < 1.29 is 4.79 Å². The molecular formula is C11H19N5O. The lowest BCUT2D eigenvalue weighted by Crippen LogP contribution is -2.39. The van der Waals surface area contributed by atoms with Crippen LogP contribution in [0, 0.1) is 6.92 Å². The first kappa shape index (κ1) is 11.9. The van der Waals surface area contributed by atoms with Gasteiger partial charge in [0.1, 0.15) is 11.4 Å². The predicted octanol–water partition coefficient (Wildman–Crippen LogP) is -0.00868. The lowest BCUT2D eigenvalue weighted by atomic mass is 10.1. The molecule has 4 N–H and O–H groups in total. The van der Waals surface area contributed by atoms with E-state index < -0.39 is 5.91 Å². The van der Waals surface area contributed by atoms with Gasteiger partial charge >= 0.3 is 0 Å². The van der Waals surface area contributed by atoms with E-state index in [0.29, 0.717) is 17.3 Å². The van der Waals surface area contributed by atoms with E-state index in [1.54, 1.807) is 11.6 Å². The van der Waals surface area contributed by atoms with Gasteiger partial charge in [0.2, 0.25) is 0 Å². The SMILES string of the molecule is Cc1nn(C)c(NC2CCCNC2)c1C(N)=O. The summed E-state index contributed by atoms with van der Waals surface area (Å²) < 4.78 is 1.68. The van der Waals surface area contributed by atoms with Crippen molar-refractivity contribution in [1.29, 1.82) is 0 Å². The molecule has 6 nitrogen and oxygen atoms in total. The molecular weight excluding hydrogens is 218 g/mol. The van der Waals surface area contributed by atoms with Crippen molar-refractivity contribution in [1.82, 2.24) is 15.1 Å². The molecule has 1 aromatic rings. The Kier molecular flexibility index (Phi) is 3.33. The van der Waals surface area contributed by atoms with Crippen molar-refractivity contribution in [2.45, 2.75) is 25.8 Å². The Morgan fingerprint density at radius 1 is 1.65 bits per heavy atom. The minimum atomic E-state index is -0.429. The van der Waals surface area contributed by atoms with Crippen molar-refractivity contribution in [2.24, 2.45) is 12.8 Å². The van der Waals surface area contributed by atoms with Crippen LogP contribution >= 0.6 is 0 Å². The Balaban J connectivity index is 2.21. The molecule has 0 saturated carbocycles. The summed E-state index contributed by atoms with van der Waals surface area (Å²) in [6, 6.07) is 0.330. The Morgan fingerprint density at radius 3 is 3.00 bits per heavy atom. The van der Waals surface area contributed by atoms with Gasteiger partial charge in [-0.3, -0.25) is 9.48 Å². The number of piperidine rings is 1. The molecule has 1 aliphatic rings. The molecule has 1 atom stereocenters. The summed E-state index contributed by atoms with van der Waals surface area (Å²) in [5.41, 5.74) is 6.56. The number of primary amides is 1. The zero-order valence-corrected chi connectivity index (χ0v) is 10.3. The molecule has 0 spiro atoms. The molecule has 0 aliphatic carbocycles. The van der Waals surface area contributed by atoms with E-state index in [2.05, 4.69) is 15.7 Å². The molecule has 94 valence electrons. The monoisotopic (exact) mass is 237 g/mol. The highest BCUT2D eigenvalue weighted by atomic mass is 16.1. The zero-order valence-electron chi connectivity index (χ0n) is 10.3. The second kappa shape index (κ2) is 4.75. The number of nitrogens with one attached hydrogen (secondary N) is 2. The van der Waals surface area contributed by atoms with E-state index in [9.17, 15) is 4.79 Å². The number of nitrogens with two attached hydrogens (primary N) is 1. The zero-order chi connectivity index (χ0) is 12.4. The molecule has 1 saturated heterocycles. The fourth-order valence-electron chi connectivity index (χ4n) is 2.29. The van der Waals surface area contributed by atoms with Crippen LogP contribution < -0.4 is 16.4 Å². The van der Waals surface area contributed by atoms with E-state index >= 15 is 0 Å². The molecule has 0 bridgehead atoms. The maximum atomic E-state index is 11.4. The predicted molar refractivity (Wildman–Crippen MR) is 66.0 cm³/mol. The Hall–Kier alpha value is -1.56. The number of amides is 1. The van der Waals surface area contributed by atoms with Crippen LogP contribution in [0.25, 0.3) is 0 Å². The molecule has 0 aromatic carbocycles. The topological polar surface area (TPSA) is 85.0 Å². The minimum Gasteiger partial charge on any atom is -0.366 e. The molecule has 2 rings (SSSR count). The normalized spacial score (nSPS) is 20.2. The van der Waals surface area contributed by atoms with Crippen molar-refractivity contribution in [3.63, 3.8) is 0 Å². The van der Waals surface area contributed by atoms with Crippen molar-refractivity contribution in [2.75, 3.05) is 18.4 Å². The summed E-state index contributed by atoms with van der Waals surface area (Å²) in [7, 11) is 1.82. The molecule has 1 fully saturated rings. The second-order valence-electron chi connectivity index (χ2n) is 4.48. The summed E-state index contributed by atoms with van der Waals surface area (Å²) in [5, 5.41) is 10.9. The van der Waals surface area contributed by atoms with Crippen LogP contribution in [0.2, 0.25) is 0 Å². The summed E-state index contributed by atoms with van der Waals surface area (Å²) in [6.45, 7) is 3.76. The molecule has 2 heterocycles. The third-order valence-corrected chi connectivity index (χ3v) is 3.11. The number of aromatic nitrogens is 2. The molecule has 6 heteroatoms. The average Bonchev–Trinajstić information content (AvgIpc) is 2.55. The highest BCUT2D eigenvalue weighted by molar-refractivity contribution is 5.98. The summed E-state index contributed by atoms with van der Waals surface area (Å²) in [5.74, 6) is 0.297. The van der Waals surface area contributed by atoms with Gasteiger partial charge in [0.15, 0.2) is 0 Å². The van der Waals surface area contributed by atoms with Crippen LogP contribution in [0.5, 0.6) is 0 Å². The molecule has 1 aromatic heterocycles. The van der Waals surface area contributed by atoms with Gasteiger partial charge in [0, 0.05) is 19.6 Å². The first-order valence-corrected chi connectivity index (χ1v) is 5.90. The van der Waals surface area contributed by atoms with Crippen molar-refractivity contribution in [3.05, 3.63) is 11.3 Å². The third-order valence-electron chi connectivity index (χ3n) is 3.11. The number of hydrogen-bond donors (Lipinski definition) is 3. The molecule has 0 radical (unpaired) electrons. The first-order chi connectivity index (χ1) is 8.09. The van der Waals surface area contributed by atoms with E-state index in [1.165, 1.54) is 0 Å². The van der Waals surface area contributed by atoms with Gasteiger partial charge in [-0.2, -0.15) is 5.10 Å². The summed E-state index contributed by atoms with van der Waals surface area (Å²) >= 11 is 0. The average molecular weight is 237 g/mol. The standard InChI is InChI=1S/C11H19N5O/c1-7-9(10(12)17)11(16(2)15-7)14-8-4-3-5-13-6-8/h8,13-14H,3-6H2,1-2H3,(H2,12,17). The van der Waals surface area contributed by atoms with Crippen LogP contribution in [0.4, 0.5) is 5.82 Å². The molecule has 1 aliphatic heterocycles. The maximum absolute atomic E-state index is 11.4. The lowest BCUT2D eigenvalue weighted by molar-refractivity contribution is 0.100. The minimum absolute atomic E-state index is 0.330. The molecule has 1 amide bonds. The quantitative estimate of drug-likeness (QED) is 0.690. The van der Waals surface area contributed by atoms with E-state index in [0.717, 1.165) is 31.7 Å². The number of anilines is 1. The highest BCUT2D eigenvalue weighted by Crippen LogP contribution is 2.20. The van der Waals surface area contributed by atoms with Gasteiger partial charge in [-0.05, 0) is 26.3 Å². The van der Waals surface area contributed by atoms with Gasteiger partial charge in [0.25, 0.3) is 5.91 Å². The molecule has 17 heavy (non-hydrogen) atoms. The Labute approximate surface area is 101 Å². The Bertz CT molecular complexity index is 420. The van der Waals surface area contributed by atoms with E-state index in [-0.39, 0.29) is 0 Å². The van der Waals surface area contributed by atoms with Crippen molar-refractivity contribution in [3.8, 4) is 0 Å². The highest BCUT2D eigenvalue weighted by Gasteiger charge is 2.21. The fourth-order valence-corrected chi connectivity index (χ4v) is 2.29. The third kappa shape index (κ3) is 2.41. The smallest absolute Gasteiger partial charge is 0.254 e. The largest absolute Gasteiger partial charge is 0.366 e. The van der Waals surface area contributed by atoms with Gasteiger partial charge in [0.05, 0.1) is 5.69 Å². The number of rotatable bonds is 3. The summed E-state index contributed by atoms with van der Waals surface area (Å²) in [6.07, 6.45) is 2.23. The van der Waals surface area contributed by atoms with Gasteiger partial charge in [-0.1, -0.05) is 0 Å². The van der Waals surface area contributed by atoms with Crippen LogP contribution in [0.3, 0.4) is 0 Å². The number of hydrogen-bond acceptors (Lipinski definition) is 4. The van der Waals surface area contributed by atoms with Crippen LogP contribution in [0.15, 0.2) is 0 Å². The van der Waals surface area contributed by atoms with Gasteiger partial charge < -0.3 is 16.4 Å². The number of carbonyl (C=O) groups is 1. The van der Waals surface area contributed by atoms with E-state index in [4.69, 9.17) is 5.73 Å². The summed E-state index contributed by atoms with van der Waals surface area (Å²) in [4.78, 5) is 11.4. The number of nitrogens with zero attached hydrogens (tertiary/aromatic N) is 2. The van der Waals surface area contributed by atoms with Crippen LogP contribution in [0.1, 0.15) is 28.9 Å². The fraction of sp³-hybridized carbons (Fsp3) is 0.636. The lowest BCUT2D eigenvalue weighted by Gasteiger charge is -2.25. The number of carbonyl (C=O) groups excluding carboxylic acids is 1. The van der Waals surface area contributed by atoms with Crippen LogP contribution in [-0.2, 0) is 7.05 Å². The number of aryl methyl sites for hydroxylation is 2. The van der Waals surface area contributed by atoms with Crippen molar-refractivity contribution >= 4 is 11.7 Å². The van der Waals surface area contributed by atoms with Gasteiger partial charge in [-0.15, -0.1) is 0 Å². The van der Waals surface area contributed by atoms with E-state index in [1.807, 2.05) is 7.05 Å². The van der Waals surface area contributed by atoms with Crippen LogP contribution in [-0.4, -0.2) is 34.8 Å². The van der Waals surface area contributed by atoms with Gasteiger partial charge in [-0.25, -0.2) is 0 Å². The first-order valence-electron chi connectivity index (χ1n) is 5.90. The maximum Gasteiger partial charge on any atom is 0.254 e. The second-order valence-corrected chi connectivity index (χ2v) is 4.48.